The molecule has 0 radical (unpaired) electrons. The Bertz CT molecular complexity index is 804. The summed E-state index contributed by atoms with van der Waals surface area (Å²) in [4.78, 5) is 23.6. The van der Waals surface area contributed by atoms with Crippen LogP contribution in [0.15, 0.2) is 42.5 Å². The quantitative estimate of drug-likeness (QED) is 0.829. The normalized spacial score (nSPS) is 12.7. The van der Waals surface area contributed by atoms with Gasteiger partial charge in [-0.1, -0.05) is 6.07 Å². The highest BCUT2D eigenvalue weighted by Crippen LogP contribution is 2.32. The van der Waals surface area contributed by atoms with Crippen LogP contribution in [0.4, 0.5) is 5.69 Å². The molecule has 0 fully saturated rings. The molecule has 0 saturated heterocycles. The Morgan fingerprint density at radius 3 is 2.69 bits per heavy atom. The van der Waals surface area contributed by atoms with Crippen LogP contribution in [0.1, 0.15) is 16.8 Å². The molecule has 0 spiro atoms. The molecule has 7 nitrogen and oxygen atoms in total. The van der Waals surface area contributed by atoms with Crippen molar-refractivity contribution < 1.29 is 28.5 Å². The van der Waals surface area contributed by atoms with Gasteiger partial charge >= 0.3 is 5.97 Å². The third kappa shape index (κ3) is 4.44. The molecule has 0 atom stereocenters. The fourth-order valence-corrected chi connectivity index (χ4v) is 2.42. The molecule has 1 aliphatic heterocycles. The van der Waals surface area contributed by atoms with Crippen LogP contribution in [0.5, 0.6) is 17.2 Å². The highest BCUT2D eigenvalue weighted by molar-refractivity contribution is 5.92. The Morgan fingerprint density at radius 1 is 1.08 bits per heavy atom. The maximum Gasteiger partial charge on any atom is 0.337 e. The molecule has 0 aliphatic carbocycles. The van der Waals surface area contributed by atoms with Crippen molar-refractivity contribution in [2.45, 2.75) is 6.42 Å². The van der Waals surface area contributed by atoms with E-state index in [1.54, 1.807) is 36.4 Å². The van der Waals surface area contributed by atoms with Crippen molar-refractivity contribution >= 4 is 17.6 Å². The topological polar surface area (TPSA) is 83.1 Å². The second-order valence-corrected chi connectivity index (χ2v) is 5.57. The summed E-state index contributed by atoms with van der Waals surface area (Å²) >= 11 is 0. The van der Waals surface area contributed by atoms with E-state index in [4.69, 9.17) is 14.2 Å². The molecule has 1 N–H and O–H groups in total. The Labute approximate surface area is 150 Å². The molecule has 7 heteroatoms. The number of carbonyl (C=O) groups is 2. The minimum atomic E-state index is -0.466. The minimum Gasteiger partial charge on any atom is -0.490 e. The van der Waals surface area contributed by atoms with Gasteiger partial charge in [-0.3, -0.25) is 4.79 Å². The number of nitrogens with one attached hydrogen (secondary N) is 1. The van der Waals surface area contributed by atoms with E-state index in [9.17, 15) is 9.59 Å². The number of hydrogen-bond acceptors (Lipinski definition) is 6. The van der Waals surface area contributed by atoms with E-state index in [0.29, 0.717) is 41.7 Å². The molecule has 136 valence electrons. The number of methoxy groups -OCH3 is 1. The minimum absolute atomic E-state index is 0.195. The van der Waals surface area contributed by atoms with Gasteiger partial charge in [0.25, 0.3) is 5.91 Å². The van der Waals surface area contributed by atoms with Gasteiger partial charge in [-0.25, -0.2) is 4.79 Å². The lowest BCUT2D eigenvalue weighted by molar-refractivity contribution is -0.118. The van der Waals surface area contributed by atoms with Gasteiger partial charge in [0.2, 0.25) is 0 Å². The summed E-state index contributed by atoms with van der Waals surface area (Å²) in [6.45, 7) is 0.986. The predicted octanol–water partition coefficient (Wildman–Crippen LogP) is 2.65. The number of hydrogen-bond donors (Lipinski definition) is 1. The van der Waals surface area contributed by atoms with Gasteiger partial charge in [0.15, 0.2) is 18.1 Å². The first-order valence-electron chi connectivity index (χ1n) is 8.16. The zero-order valence-corrected chi connectivity index (χ0v) is 14.3. The number of esters is 1. The molecule has 3 rings (SSSR count). The van der Waals surface area contributed by atoms with E-state index >= 15 is 0 Å². The first kappa shape index (κ1) is 17.6. The van der Waals surface area contributed by atoms with Gasteiger partial charge in [0, 0.05) is 18.2 Å². The molecule has 2 aromatic carbocycles. The third-order valence-electron chi connectivity index (χ3n) is 3.66. The number of anilines is 1. The van der Waals surface area contributed by atoms with Crippen LogP contribution in [0, 0.1) is 0 Å². The van der Waals surface area contributed by atoms with E-state index in [0.717, 1.165) is 6.42 Å². The summed E-state index contributed by atoms with van der Waals surface area (Å²) in [5.74, 6) is 0.875. The van der Waals surface area contributed by atoms with Gasteiger partial charge in [0.1, 0.15) is 5.75 Å². The lowest BCUT2D eigenvalue weighted by atomic mass is 10.2. The van der Waals surface area contributed by atoms with Gasteiger partial charge < -0.3 is 24.3 Å². The summed E-state index contributed by atoms with van der Waals surface area (Å²) in [7, 11) is 1.30. The van der Waals surface area contributed by atoms with Crippen molar-refractivity contribution in [3.05, 3.63) is 48.0 Å². The Balaban J connectivity index is 1.58. The molecule has 1 aliphatic rings. The maximum absolute atomic E-state index is 12.1. The van der Waals surface area contributed by atoms with Crippen LogP contribution in [0.2, 0.25) is 0 Å². The van der Waals surface area contributed by atoms with Crippen LogP contribution in [-0.4, -0.2) is 38.8 Å². The van der Waals surface area contributed by atoms with Crippen molar-refractivity contribution in [3.63, 3.8) is 0 Å². The number of fused-ring (bicyclic) bond motifs is 1. The van der Waals surface area contributed by atoms with E-state index in [1.165, 1.54) is 13.2 Å². The van der Waals surface area contributed by atoms with E-state index < -0.39 is 5.97 Å². The fraction of sp³-hybridized carbons (Fsp3) is 0.263. The smallest absolute Gasteiger partial charge is 0.337 e. The van der Waals surface area contributed by atoms with Crippen molar-refractivity contribution in [3.8, 4) is 17.2 Å². The highest BCUT2D eigenvalue weighted by Gasteiger charge is 2.12. The van der Waals surface area contributed by atoms with Crippen LogP contribution >= 0.6 is 0 Å². The fourth-order valence-electron chi connectivity index (χ4n) is 2.42. The Hall–Kier alpha value is -3.22. The van der Waals surface area contributed by atoms with Gasteiger partial charge in [-0.15, -0.1) is 0 Å². The summed E-state index contributed by atoms with van der Waals surface area (Å²) < 4.78 is 21.2. The van der Waals surface area contributed by atoms with Gasteiger partial charge in [-0.2, -0.15) is 0 Å². The number of rotatable bonds is 5. The first-order chi connectivity index (χ1) is 12.7. The van der Waals surface area contributed by atoms with E-state index in [1.807, 2.05) is 0 Å². The third-order valence-corrected chi connectivity index (χ3v) is 3.66. The van der Waals surface area contributed by atoms with Gasteiger partial charge in [0.05, 0.1) is 25.9 Å². The Kier molecular flexibility index (Phi) is 5.58. The summed E-state index contributed by atoms with van der Waals surface area (Å²) in [5, 5.41) is 2.74. The molecular weight excluding hydrogens is 338 g/mol. The zero-order chi connectivity index (χ0) is 18.4. The monoisotopic (exact) mass is 357 g/mol. The molecule has 0 bridgehead atoms. The van der Waals surface area contributed by atoms with E-state index in [2.05, 4.69) is 10.1 Å². The van der Waals surface area contributed by atoms with Crippen LogP contribution in [-0.2, 0) is 9.53 Å². The summed E-state index contributed by atoms with van der Waals surface area (Å²) in [6, 6.07) is 11.7. The standard InChI is InChI=1S/C19H19NO6/c1-23-19(22)13-4-2-5-15(10-13)26-12-18(21)20-14-6-7-16-17(11-14)25-9-3-8-24-16/h2,4-7,10-11H,3,8-9,12H2,1H3,(H,20,21). The average Bonchev–Trinajstić information content (AvgIpc) is 2.91. The predicted molar refractivity (Wildman–Crippen MR) is 94.0 cm³/mol. The molecule has 0 aromatic heterocycles. The number of amides is 1. The lowest BCUT2D eigenvalue weighted by Gasteiger charge is -2.11. The molecule has 0 unspecified atom stereocenters. The largest absolute Gasteiger partial charge is 0.490 e. The maximum atomic E-state index is 12.1. The van der Waals surface area contributed by atoms with Crippen LogP contribution in [0.25, 0.3) is 0 Å². The van der Waals surface area contributed by atoms with Gasteiger partial charge in [-0.05, 0) is 30.3 Å². The molecule has 2 aromatic rings. The number of benzene rings is 2. The summed E-state index contributed by atoms with van der Waals surface area (Å²) in [5.41, 5.74) is 0.944. The molecule has 26 heavy (non-hydrogen) atoms. The first-order valence-corrected chi connectivity index (χ1v) is 8.16. The molecular formula is C19H19NO6. The van der Waals surface area contributed by atoms with Crippen LogP contribution in [0.3, 0.4) is 0 Å². The van der Waals surface area contributed by atoms with Crippen molar-refractivity contribution in [1.82, 2.24) is 0 Å². The second-order valence-electron chi connectivity index (χ2n) is 5.57. The molecule has 1 amide bonds. The average molecular weight is 357 g/mol. The van der Waals surface area contributed by atoms with E-state index in [-0.39, 0.29) is 12.5 Å². The van der Waals surface area contributed by atoms with Crippen molar-refractivity contribution in [1.29, 1.82) is 0 Å². The Morgan fingerprint density at radius 2 is 1.88 bits per heavy atom. The molecule has 0 saturated carbocycles. The number of carbonyl (C=O) groups excluding carboxylic acids is 2. The second kappa shape index (κ2) is 8.24. The zero-order valence-electron chi connectivity index (χ0n) is 14.3. The SMILES string of the molecule is COC(=O)c1cccc(OCC(=O)Nc2ccc3c(c2)OCCCO3)c1. The number of ether oxygens (including phenoxy) is 4. The molecule has 1 heterocycles. The van der Waals surface area contributed by atoms with Crippen molar-refractivity contribution in [2.24, 2.45) is 0 Å². The summed E-state index contributed by atoms with van der Waals surface area (Å²) in [6.07, 6.45) is 0.814. The lowest BCUT2D eigenvalue weighted by Crippen LogP contribution is -2.20. The highest BCUT2D eigenvalue weighted by atomic mass is 16.5. The van der Waals surface area contributed by atoms with Crippen molar-refractivity contribution in [2.75, 3.05) is 32.2 Å². The van der Waals surface area contributed by atoms with Crippen LogP contribution < -0.4 is 19.5 Å².